The molecule has 0 aromatic heterocycles. The van der Waals surface area contributed by atoms with Crippen LogP contribution in [-0.4, -0.2) is 17.4 Å². The number of hydrogen-bond acceptors (Lipinski definition) is 3. The molecule has 0 radical (unpaired) electrons. The molecule has 0 bridgehead atoms. The third-order valence-electron chi connectivity index (χ3n) is 3.13. The minimum Gasteiger partial charge on any atom is -0.405 e. The molecule has 3 heteroatoms. The van der Waals surface area contributed by atoms with Crippen molar-refractivity contribution in [3.8, 4) is 11.8 Å². The Bertz CT molecular complexity index is 632. The summed E-state index contributed by atoms with van der Waals surface area (Å²) < 4.78 is 5.30. The molecule has 0 N–H and O–H groups in total. The second kappa shape index (κ2) is 5.75. The maximum atomic E-state index is 12.0. The van der Waals surface area contributed by atoms with Crippen LogP contribution in [0, 0.1) is 11.8 Å². The number of carbonyl (C=O) groups excluding carboxylic acids is 1. The molecule has 1 aromatic carbocycles. The average molecular weight is 267 g/mol. The first-order chi connectivity index (χ1) is 9.55. The topological polar surface area (TPSA) is 38.7 Å². The summed E-state index contributed by atoms with van der Waals surface area (Å²) in [4.78, 5) is 16.5. The van der Waals surface area contributed by atoms with Gasteiger partial charge in [0, 0.05) is 12.0 Å². The van der Waals surface area contributed by atoms with Gasteiger partial charge in [-0.05, 0) is 38.5 Å². The minimum absolute atomic E-state index is 0.315. The zero-order valence-electron chi connectivity index (χ0n) is 11.9. The van der Waals surface area contributed by atoms with Crippen LogP contribution in [0.1, 0.15) is 32.8 Å². The highest BCUT2D eigenvalue weighted by atomic mass is 16.6. The van der Waals surface area contributed by atoms with Gasteiger partial charge < -0.3 is 4.74 Å². The monoisotopic (exact) mass is 267 g/mol. The zero-order valence-corrected chi connectivity index (χ0v) is 11.9. The van der Waals surface area contributed by atoms with Crippen LogP contribution in [0.4, 0.5) is 0 Å². The molecule has 20 heavy (non-hydrogen) atoms. The SMILES string of the molecule is CC#C/C(C)=C/CC1(C)N=C(c2ccccc2)OC1=O. The Labute approximate surface area is 119 Å². The maximum Gasteiger partial charge on any atom is 0.340 e. The predicted molar refractivity (Wildman–Crippen MR) is 79.3 cm³/mol. The fraction of sp³-hybridized carbons (Fsp3) is 0.294. The van der Waals surface area contributed by atoms with Gasteiger partial charge in [-0.15, -0.1) is 5.92 Å². The number of nitrogens with zero attached hydrogens (tertiary/aromatic N) is 1. The Kier molecular flexibility index (Phi) is 4.05. The molecule has 102 valence electrons. The molecule has 3 nitrogen and oxygen atoms in total. The van der Waals surface area contributed by atoms with E-state index in [2.05, 4.69) is 16.8 Å². The van der Waals surface area contributed by atoms with Crippen molar-refractivity contribution in [3.05, 3.63) is 47.5 Å². The highest BCUT2D eigenvalue weighted by molar-refractivity contribution is 6.07. The van der Waals surface area contributed by atoms with Crippen LogP contribution in [0.15, 0.2) is 47.0 Å². The van der Waals surface area contributed by atoms with Gasteiger partial charge in [-0.25, -0.2) is 9.79 Å². The molecular formula is C17H17NO2. The molecule has 1 aromatic rings. The summed E-state index contributed by atoms with van der Waals surface area (Å²) in [6, 6.07) is 9.45. The lowest BCUT2D eigenvalue weighted by Gasteiger charge is -2.12. The Morgan fingerprint density at radius 2 is 2.10 bits per heavy atom. The Hall–Kier alpha value is -2.34. The van der Waals surface area contributed by atoms with E-state index in [9.17, 15) is 4.79 Å². The van der Waals surface area contributed by atoms with Crippen LogP contribution >= 0.6 is 0 Å². The van der Waals surface area contributed by atoms with Crippen LogP contribution in [0.2, 0.25) is 0 Å². The van der Waals surface area contributed by atoms with E-state index in [1.807, 2.05) is 43.3 Å². The number of esters is 1. The van der Waals surface area contributed by atoms with E-state index in [4.69, 9.17) is 4.74 Å². The summed E-state index contributed by atoms with van der Waals surface area (Å²) in [6.45, 7) is 5.49. The van der Waals surface area contributed by atoms with Crippen molar-refractivity contribution in [2.75, 3.05) is 0 Å². The second-order valence-corrected chi connectivity index (χ2v) is 4.91. The first-order valence-electron chi connectivity index (χ1n) is 6.52. The summed E-state index contributed by atoms with van der Waals surface area (Å²) in [5, 5.41) is 0. The van der Waals surface area contributed by atoms with Crippen molar-refractivity contribution in [2.24, 2.45) is 4.99 Å². The lowest BCUT2D eigenvalue weighted by Crippen LogP contribution is -2.29. The van der Waals surface area contributed by atoms with Gasteiger partial charge in [-0.3, -0.25) is 0 Å². The van der Waals surface area contributed by atoms with Gasteiger partial charge in [0.2, 0.25) is 5.90 Å². The highest BCUT2D eigenvalue weighted by Crippen LogP contribution is 2.27. The van der Waals surface area contributed by atoms with E-state index in [1.165, 1.54) is 0 Å². The van der Waals surface area contributed by atoms with E-state index in [-0.39, 0.29) is 5.97 Å². The van der Waals surface area contributed by atoms with E-state index in [0.717, 1.165) is 11.1 Å². The summed E-state index contributed by atoms with van der Waals surface area (Å²) in [7, 11) is 0. The van der Waals surface area contributed by atoms with Crippen molar-refractivity contribution < 1.29 is 9.53 Å². The molecule has 0 saturated carbocycles. The zero-order chi connectivity index (χ0) is 14.6. The Balaban J connectivity index is 2.23. The number of ether oxygens (including phenoxy) is 1. The minimum atomic E-state index is -0.859. The quantitative estimate of drug-likeness (QED) is 0.623. The largest absolute Gasteiger partial charge is 0.405 e. The van der Waals surface area contributed by atoms with E-state index >= 15 is 0 Å². The molecule has 0 saturated heterocycles. The molecule has 1 atom stereocenters. The van der Waals surface area contributed by atoms with Gasteiger partial charge in [0.05, 0.1) is 0 Å². The van der Waals surface area contributed by atoms with E-state index in [1.54, 1.807) is 13.8 Å². The molecular weight excluding hydrogens is 250 g/mol. The number of allylic oxidation sites excluding steroid dienone is 1. The normalized spacial score (nSPS) is 21.9. The third kappa shape index (κ3) is 2.97. The first kappa shape index (κ1) is 14.1. The van der Waals surface area contributed by atoms with Crippen LogP contribution in [0.5, 0.6) is 0 Å². The van der Waals surface area contributed by atoms with E-state index < -0.39 is 5.54 Å². The number of aliphatic imine (C=N–C) groups is 1. The fourth-order valence-electron chi connectivity index (χ4n) is 1.92. The molecule has 0 spiro atoms. The van der Waals surface area contributed by atoms with Crippen molar-refractivity contribution in [2.45, 2.75) is 32.7 Å². The number of benzene rings is 1. The molecule has 0 aliphatic carbocycles. The molecule has 1 heterocycles. The summed E-state index contributed by atoms with van der Waals surface area (Å²) >= 11 is 0. The van der Waals surface area contributed by atoms with Crippen molar-refractivity contribution >= 4 is 11.9 Å². The standard InChI is InChI=1S/C17H17NO2/c1-4-8-13(2)11-12-17(3)16(19)20-15(18-17)14-9-6-5-7-10-14/h5-7,9-11H,12H2,1-3H3/b13-11+. The summed E-state index contributed by atoms with van der Waals surface area (Å²) in [5.74, 6) is 5.87. The number of rotatable bonds is 3. The van der Waals surface area contributed by atoms with Crippen LogP contribution in [0.25, 0.3) is 0 Å². The van der Waals surface area contributed by atoms with Gasteiger partial charge in [0.1, 0.15) is 0 Å². The smallest absolute Gasteiger partial charge is 0.340 e. The molecule has 0 fully saturated rings. The summed E-state index contributed by atoms with van der Waals surface area (Å²) in [5.41, 5.74) is 0.894. The van der Waals surface area contributed by atoms with E-state index in [0.29, 0.717) is 12.3 Å². The Morgan fingerprint density at radius 3 is 2.75 bits per heavy atom. The van der Waals surface area contributed by atoms with Crippen LogP contribution in [0.3, 0.4) is 0 Å². The molecule has 1 aliphatic heterocycles. The van der Waals surface area contributed by atoms with Gasteiger partial charge in [-0.2, -0.15) is 0 Å². The molecule has 1 unspecified atom stereocenters. The Morgan fingerprint density at radius 1 is 1.40 bits per heavy atom. The number of carbonyl (C=O) groups is 1. The van der Waals surface area contributed by atoms with Crippen molar-refractivity contribution in [1.82, 2.24) is 0 Å². The molecule has 2 rings (SSSR count). The molecule has 1 aliphatic rings. The lowest BCUT2D eigenvalue weighted by atomic mass is 9.98. The predicted octanol–water partition coefficient (Wildman–Crippen LogP) is 3.11. The number of cyclic esters (lactones) is 1. The molecule has 0 amide bonds. The highest BCUT2D eigenvalue weighted by Gasteiger charge is 2.41. The average Bonchev–Trinajstić information content (AvgIpc) is 2.75. The van der Waals surface area contributed by atoms with Gasteiger partial charge >= 0.3 is 5.97 Å². The van der Waals surface area contributed by atoms with Crippen molar-refractivity contribution in [1.29, 1.82) is 0 Å². The van der Waals surface area contributed by atoms with Crippen LogP contribution in [-0.2, 0) is 9.53 Å². The lowest BCUT2D eigenvalue weighted by molar-refractivity contribution is -0.138. The second-order valence-electron chi connectivity index (χ2n) is 4.91. The first-order valence-corrected chi connectivity index (χ1v) is 6.52. The summed E-state index contributed by atoms with van der Waals surface area (Å²) in [6.07, 6.45) is 2.41. The van der Waals surface area contributed by atoms with Crippen LogP contribution < -0.4 is 0 Å². The van der Waals surface area contributed by atoms with Gasteiger partial charge in [0.15, 0.2) is 5.54 Å². The fourth-order valence-corrected chi connectivity index (χ4v) is 1.92. The van der Waals surface area contributed by atoms with Gasteiger partial charge in [0.25, 0.3) is 0 Å². The third-order valence-corrected chi connectivity index (χ3v) is 3.13. The maximum absolute atomic E-state index is 12.0. The van der Waals surface area contributed by atoms with Gasteiger partial charge in [-0.1, -0.05) is 30.2 Å². The van der Waals surface area contributed by atoms with Crippen molar-refractivity contribution in [3.63, 3.8) is 0 Å². The number of hydrogen-bond donors (Lipinski definition) is 0.